The van der Waals surface area contributed by atoms with Gasteiger partial charge in [-0.3, -0.25) is 4.90 Å². The largest absolute Gasteiger partial charge is 0.378 e. The molecule has 2 aromatic carbocycles. The zero-order valence-electron chi connectivity index (χ0n) is 19.9. The predicted molar refractivity (Wildman–Crippen MR) is 146 cm³/mol. The Labute approximate surface area is 213 Å². The molecule has 0 radical (unpaired) electrons. The van der Waals surface area contributed by atoms with Crippen molar-refractivity contribution < 1.29 is 5.11 Å². The van der Waals surface area contributed by atoms with Crippen molar-refractivity contribution in [1.29, 1.82) is 0 Å². The van der Waals surface area contributed by atoms with E-state index in [1.807, 2.05) is 50.6 Å². The molecule has 1 unspecified atom stereocenters. The number of aromatic nitrogens is 3. The quantitative estimate of drug-likeness (QED) is 0.308. The number of para-hydroxylation sites is 1. The molecule has 1 fully saturated rings. The third kappa shape index (κ3) is 5.27. The van der Waals surface area contributed by atoms with Crippen molar-refractivity contribution in [3.8, 4) is 11.4 Å². The number of β-amino-alcohol motifs (C(OH)–C–C–N with tert-alkyl or cyclic N) is 1. The Hall–Kier alpha value is -3.14. The summed E-state index contributed by atoms with van der Waals surface area (Å²) < 4.78 is 0.947. The van der Waals surface area contributed by atoms with Crippen molar-refractivity contribution in [2.45, 2.75) is 6.23 Å². The maximum atomic E-state index is 10.5. The number of H-pyrrole nitrogens is 1. The Balaban J connectivity index is 1.29. The van der Waals surface area contributed by atoms with E-state index in [0.717, 1.165) is 64.6 Å². The molecule has 2 aromatic heterocycles. The molecule has 0 spiro atoms. The van der Waals surface area contributed by atoms with Gasteiger partial charge in [0.25, 0.3) is 0 Å². The minimum absolute atomic E-state index is 0.576. The molecule has 0 aliphatic carbocycles. The number of halogens is 1. The van der Waals surface area contributed by atoms with Gasteiger partial charge in [-0.15, -0.1) is 0 Å². The molecule has 0 bridgehead atoms. The number of imidazole rings is 1. The topological polar surface area (TPSA) is 83.6 Å². The fourth-order valence-electron chi connectivity index (χ4n) is 4.46. The van der Waals surface area contributed by atoms with E-state index in [0.29, 0.717) is 12.2 Å². The van der Waals surface area contributed by atoms with Crippen molar-refractivity contribution in [2.75, 3.05) is 61.9 Å². The number of nitrogens with zero attached hydrogens (tertiary/aromatic N) is 5. The third-order valence-corrected chi connectivity index (χ3v) is 6.91. The lowest BCUT2D eigenvalue weighted by molar-refractivity contribution is 0.129. The number of anilines is 3. The van der Waals surface area contributed by atoms with Crippen LogP contribution in [0.2, 0.25) is 0 Å². The second-order valence-corrected chi connectivity index (χ2v) is 9.85. The van der Waals surface area contributed by atoms with Gasteiger partial charge in [0, 0.05) is 70.0 Å². The van der Waals surface area contributed by atoms with E-state index in [-0.39, 0.29) is 0 Å². The first-order chi connectivity index (χ1) is 17.0. The zero-order valence-corrected chi connectivity index (χ0v) is 21.5. The standard InChI is InChI=1S/C26H30BrN7O/c1-32(2)20-10-8-18(9-11-20)25-30-23-24(21(27)16-28-26(23)31-25)34-14-12-33(13-15-34)17-22(35)29-19-6-4-3-5-7-19/h3-11,16,22,29,35H,12-15,17H2,1-2H3,(H,28,30,31). The molecule has 4 aromatic rings. The highest BCUT2D eigenvalue weighted by atomic mass is 79.9. The van der Waals surface area contributed by atoms with Crippen LogP contribution < -0.4 is 15.1 Å². The van der Waals surface area contributed by atoms with Gasteiger partial charge >= 0.3 is 0 Å². The first-order valence-corrected chi connectivity index (χ1v) is 12.6. The van der Waals surface area contributed by atoms with E-state index >= 15 is 0 Å². The molecule has 1 saturated heterocycles. The molecular weight excluding hydrogens is 506 g/mol. The predicted octanol–water partition coefficient (Wildman–Crippen LogP) is 4.01. The first kappa shape index (κ1) is 23.6. The molecule has 182 valence electrons. The normalized spacial score (nSPS) is 15.4. The van der Waals surface area contributed by atoms with Crippen LogP contribution in [0.4, 0.5) is 17.1 Å². The minimum atomic E-state index is -0.614. The van der Waals surface area contributed by atoms with Gasteiger partial charge in [-0.2, -0.15) is 0 Å². The maximum absolute atomic E-state index is 10.5. The number of hydrogen-bond acceptors (Lipinski definition) is 7. The Bertz CT molecular complexity index is 1270. The fourth-order valence-corrected chi connectivity index (χ4v) is 5.01. The van der Waals surface area contributed by atoms with Crippen LogP contribution in [0, 0.1) is 0 Å². The summed E-state index contributed by atoms with van der Waals surface area (Å²) in [6.07, 6.45) is 1.22. The summed E-state index contributed by atoms with van der Waals surface area (Å²) in [5.74, 6) is 0.811. The summed E-state index contributed by atoms with van der Waals surface area (Å²) in [5, 5.41) is 13.6. The Morgan fingerprint density at radius 3 is 2.46 bits per heavy atom. The molecule has 3 heterocycles. The Morgan fingerprint density at radius 2 is 1.77 bits per heavy atom. The van der Waals surface area contributed by atoms with Crippen LogP contribution in [-0.2, 0) is 0 Å². The summed E-state index contributed by atoms with van der Waals surface area (Å²) in [7, 11) is 4.06. The van der Waals surface area contributed by atoms with Gasteiger partial charge in [0.1, 0.15) is 17.6 Å². The molecule has 35 heavy (non-hydrogen) atoms. The van der Waals surface area contributed by atoms with E-state index in [4.69, 9.17) is 4.98 Å². The molecule has 9 heteroatoms. The summed E-state index contributed by atoms with van der Waals surface area (Å²) >= 11 is 3.72. The first-order valence-electron chi connectivity index (χ1n) is 11.8. The van der Waals surface area contributed by atoms with E-state index in [2.05, 4.69) is 70.2 Å². The summed E-state index contributed by atoms with van der Waals surface area (Å²) in [5.41, 5.74) is 5.83. The van der Waals surface area contributed by atoms with Crippen LogP contribution in [0.3, 0.4) is 0 Å². The van der Waals surface area contributed by atoms with Gasteiger partial charge in [0.15, 0.2) is 5.65 Å². The van der Waals surface area contributed by atoms with Crippen molar-refractivity contribution >= 4 is 44.2 Å². The van der Waals surface area contributed by atoms with Gasteiger partial charge in [0.05, 0.1) is 10.2 Å². The van der Waals surface area contributed by atoms with Crippen LogP contribution in [0.5, 0.6) is 0 Å². The SMILES string of the molecule is CN(C)c1ccc(-c2nc3ncc(Br)c(N4CCN(CC(O)Nc5ccccc5)CC4)c3[nH]2)cc1. The van der Waals surface area contributed by atoms with Crippen molar-refractivity contribution in [3.63, 3.8) is 0 Å². The highest BCUT2D eigenvalue weighted by molar-refractivity contribution is 9.10. The van der Waals surface area contributed by atoms with Gasteiger partial charge in [0.2, 0.25) is 0 Å². The number of fused-ring (bicyclic) bond motifs is 1. The van der Waals surface area contributed by atoms with Crippen LogP contribution in [0.25, 0.3) is 22.6 Å². The summed E-state index contributed by atoms with van der Waals surface area (Å²) in [6, 6.07) is 18.1. The smallest absolute Gasteiger partial charge is 0.180 e. The number of rotatable bonds is 7. The molecule has 0 saturated carbocycles. The van der Waals surface area contributed by atoms with E-state index in [1.165, 1.54) is 0 Å². The van der Waals surface area contributed by atoms with Crippen molar-refractivity contribution in [1.82, 2.24) is 19.9 Å². The molecule has 0 amide bonds. The number of nitrogens with one attached hydrogen (secondary N) is 2. The monoisotopic (exact) mass is 535 g/mol. The number of aromatic amines is 1. The van der Waals surface area contributed by atoms with Crippen LogP contribution >= 0.6 is 15.9 Å². The molecule has 3 N–H and O–H groups in total. The summed E-state index contributed by atoms with van der Waals surface area (Å²) in [4.78, 5) is 19.6. The molecule has 1 atom stereocenters. The number of pyridine rings is 1. The Kier molecular flexibility index (Phi) is 6.90. The number of benzene rings is 2. The third-order valence-electron chi connectivity index (χ3n) is 6.33. The molecule has 5 rings (SSSR count). The average Bonchev–Trinajstić information content (AvgIpc) is 3.29. The number of aliphatic hydroxyl groups is 1. The molecular formula is C26H30BrN7O. The van der Waals surface area contributed by atoms with Crippen LogP contribution in [-0.4, -0.2) is 78.0 Å². The van der Waals surface area contributed by atoms with Gasteiger partial charge < -0.3 is 25.2 Å². The second kappa shape index (κ2) is 10.2. The van der Waals surface area contributed by atoms with Gasteiger partial charge in [-0.1, -0.05) is 18.2 Å². The molecule has 1 aliphatic rings. The lowest BCUT2D eigenvalue weighted by atomic mass is 10.2. The zero-order chi connectivity index (χ0) is 24.4. The number of piperazine rings is 1. The highest BCUT2D eigenvalue weighted by Crippen LogP contribution is 2.34. The highest BCUT2D eigenvalue weighted by Gasteiger charge is 2.24. The van der Waals surface area contributed by atoms with E-state index < -0.39 is 6.23 Å². The second-order valence-electron chi connectivity index (χ2n) is 8.99. The lowest BCUT2D eigenvalue weighted by Gasteiger charge is -2.37. The fraction of sp³-hybridized carbons (Fsp3) is 0.308. The number of aliphatic hydroxyl groups excluding tert-OH is 1. The van der Waals surface area contributed by atoms with E-state index in [1.54, 1.807) is 0 Å². The number of hydrogen-bond donors (Lipinski definition) is 3. The average molecular weight is 536 g/mol. The van der Waals surface area contributed by atoms with E-state index in [9.17, 15) is 5.11 Å². The Morgan fingerprint density at radius 1 is 1.06 bits per heavy atom. The lowest BCUT2D eigenvalue weighted by Crippen LogP contribution is -2.49. The van der Waals surface area contributed by atoms with Crippen molar-refractivity contribution in [3.05, 3.63) is 65.3 Å². The van der Waals surface area contributed by atoms with Crippen LogP contribution in [0.15, 0.2) is 65.3 Å². The maximum Gasteiger partial charge on any atom is 0.180 e. The van der Waals surface area contributed by atoms with Gasteiger partial charge in [-0.05, 0) is 52.3 Å². The molecule has 1 aliphatic heterocycles. The summed E-state index contributed by atoms with van der Waals surface area (Å²) in [6.45, 7) is 3.99. The minimum Gasteiger partial charge on any atom is -0.378 e. The van der Waals surface area contributed by atoms with Crippen LogP contribution in [0.1, 0.15) is 0 Å². The van der Waals surface area contributed by atoms with Crippen molar-refractivity contribution in [2.24, 2.45) is 0 Å². The molecule has 8 nitrogen and oxygen atoms in total. The van der Waals surface area contributed by atoms with Gasteiger partial charge in [-0.25, -0.2) is 9.97 Å².